The number of aromatic amines is 1. The molecule has 2 aliphatic rings. The molecular weight excluding hydrogens is 216 g/mol. The molecule has 1 saturated heterocycles. The average Bonchev–Trinajstić information content (AvgIpc) is 2.96. The first-order valence-electron chi connectivity index (χ1n) is 6.32. The topological polar surface area (TPSA) is 69.8 Å². The van der Waals surface area contributed by atoms with Gasteiger partial charge in [-0.05, 0) is 25.3 Å². The lowest BCUT2D eigenvalue weighted by Crippen LogP contribution is -2.44. The van der Waals surface area contributed by atoms with Crippen molar-refractivity contribution in [1.82, 2.24) is 15.5 Å². The Kier molecular flexibility index (Phi) is 2.63. The maximum atomic E-state index is 12.5. The zero-order valence-corrected chi connectivity index (χ0v) is 9.83. The lowest BCUT2D eigenvalue weighted by Gasteiger charge is -2.36. The van der Waals surface area contributed by atoms with Gasteiger partial charge in [0, 0.05) is 12.7 Å². The summed E-state index contributed by atoms with van der Waals surface area (Å²) in [5.74, 6) is 0.664. The number of carbonyl (C=O) groups excluding carboxylic acids is 1. The molecule has 1 aliphatic heterocycles. The maximum absolute atomic E-state index is 12.5. The molecule has 92 valence electrons. The minimum atomic E-state index is -0.185. The minimum Gasteiger partial charge on any atom is -0.323 e. The van der Waals surface area contributed by atoms with Crippen molar-refractivity contribution in [3.8, 4) is 0 Å². The third-order valence-electron chi connectivity index (χ3n) is 4.25. The van der Waals surface area contributed by atoms with Crippen molar-refractivity contribution in [2.45, 2.75) is 25.7 Å². The first-order chi connectivity index (χ1) is 8.31. The summed E-state index contributed by atoms with van der Waals surface area (Å²) in [4.78, 5) is 12.5. The van der Waals surface area contributed by atoms with Crippen LogP contribution in [0.1, 0.15) is 25.7 Å². The van der Waals surface area contributed by atoms with Crippen LogP contribution in [0, 0.1) is 11.3 Å². The second-order valence-corrected chi connectivity index (χ2v) is 5.17. The molecule has 0 unspecified atom stereocenters. The molecule has 2 fully saturated rings. The molecule has 2 heterocycles. The van der Waals surface area contributed by atoms with Gasteiger partial charge >= 0.3 is 0 Å². The Balaban J connectivity index is 1.79. The second-order valence-electron chi connectivity index (χ2n) is 5.17. The Morgan fingerprint density at radius 1 is 1.53 bits per heavy atom. The Bertz CT molecular complexity index is 403. The van der Waals surface area contributed by atoms with E-state index in [2.05, 4.69) is 20.8 Å². The van der Waals surface area contributed by atoms with Gasteiger partial charge in [0.2, 0.25) is 5.91 Å². The lowest BCUT2D eigenvalue weighted by atomic mass is 9.67. The van der Waals surface area contributed by atoms with Crippen LogP contribution in [0.15, 0.2) is 12.4 Å². The van der Waals surface area contributed by atoms with Gasteiger partial charge in [-0.3, -0.25) is 9.89 Å². The highest BCUT2D eigenvalue weighted by atomic mass is 16.2. The van der Waals surface area contributed by atoms with Gasteiger partial charge in [-0.1, -0.05) is 12.8 Å². The molecule has 0 bridgehead atoms. The number of rotatable bonds is 2. The van der Waals surface area contributed by atoms with Crippen molar-refractivity contribution in [1.29, 1.82) is 0 Å². The van der Waals surface area contributed by atoms with E-state index in [0.717, 1.165) is 31.6 Å². The third kappa shape index (κ3) is 1.74. The largest absolute Gasteiger partial charge is 0.323 e. The van der Waals surface area contributed by atoms with Crippen molar-refractivity contribution >= 4 is 11.6 Å². The van der Waals surface area contributed by atoms with E-state index in [1.807, 2.05) is 0 Å². The minimum absolute atomic E-state index is 0.161. The van der Waals surface area contributed by atoms with Crippen molar-refractivity contribution in [2.24, 2.45) is 11.3 Å². The number of nitrogens with one attached hydrogen (secondary N) is 3. The Morgan fingerprint density at radius 2 is 2.47 bits per heavy atom. The number of nitrogens with zero attached hydrogens (tertiary/aromatic N) is 1. The molecular formula is C12H18N4O. The average molecular weight is 234 g/mol. The third-order valence-corrected chi connectivity index (χ3v) is 4.25. The second kappa shape index (κ2) is 4.14. The van der Waals surface area contributed by atoms with Gasteiger partial charge in [0.25, 0.3) is 0 Å². The molecule has 2 atom stereocenters. The highest BCUT2D eigenvalue weighted by molar-refractivity contribution is 5.95. The molecule has 1 saturated carbocycles. The van der Waals surface area contributed by atoms with E-state index in [1.165, 1.54) is 12.8 Å². The van der Waals surface area contributed by atoms with Crippen LogP contribution in [0.4, 0.5) is 5.69 Å². The predicted molar refractivity (Wildman–Crippen MR) is 64.5 cm³/mol. The smallest absolute Gasteiger partial charge is 0.232 e. The van der Waals surface area contributed by atoms with Gasteiger partial charge in [0.1, 0.15) is 0 Å². The normalized spacial score (nSPS) is 32.1. The quantitative estimate of drug-likeness (QED) is 0.718. The van der Waals surface area contributed by atoms with Crippen LogP contribution >= 0.6 is 0 Å². The number of aromatic nitrogens is 2. The van der Waals surface area contributed by atoms with Crippen molar-refractivity contribution in [2.75, 3.05) is 18.4 Å². The Morgan fingerprint density at radius 3 is 3.29 bits per heavy atom. The van der Waals surface area contributed by atoms with Crippen LogP contribution in [0.25, 0.3) is 0 Å². The fraction of sp³-hybridized carbons (Fsp3) is 0.667. The zero-order valence-electron chi connectivity index (χ0n) is 9.83. The predicted octanol–water partition coefficient (Wildman–Crippen LogP) is 1.13. The summed E-state index contributed by atoms with van der Waals surface area (Å²) in [6, 6.07) is 0. The summed E-state index contributed by atoms with van der Waals surface area (Å²) >= 11 is 0. The van der Waals surface area contributed by atoms with E-state index >= 15 is 0 Å². The van der Waals surface area contributed by atoms with Crippen LogP contribution in [0.3, 0.4) is 0 Å². The molecule has 0 aromatic carbocycles. The van der Waals surface area contributed by atoms with Crippen LogP contribution in [0.5, 0.6) is 0 Å². The molecule has 17 heavy (non-hydrogen) atoms. The Hall–Kier alpha value is -1.36. The number of fused-ring (bicyclic) bond motifs is 1. The monoisotopic (exact) mass is 234 g/mol. The van der Waals surface area contributed by atoms with Gasteiger partial charge in [0.05, 0.1) is 17.3 Å². The summed E-state index contributed by atoms with van der Waals surface area (Å²) in [6.07, 6.45) is 7.97. The number of H-pyrrole nitrogens is 1. The fourth-order valence-electron chi connectivity index (χ4n) is 3.27. The molecule has 1 aromatic rings. The first kappa shape index (κ1) is 10.8. The summed E-state index contributed by atoms with van der Waals surface area (Å²) in [7, 11) is 0. The molecule has 5 heteroatoms. The number of hydrogen-bond acceptors (Lipinski definition) is 3. The zero-order chi connectivity index (χ0) is 11.7. The molecule has 3 N–H and O–H groups in total. The number of carbonyl (C=O) groups is 1. The van der Waals surface area contributed by atoms with E-state index in [4.69, 9.17) is 0 Å². The first-order valence-corrected chi connectivity index (χ1v) is 6.32. The van der Waals surface area contributed by atoms with E-state index < -0.39 is 0 Å². The fourth-order valence-corrected chi connectivity index (χ4v) is 3.27. The summed E-state index contributed by atoms with van der Waals surface area (Å²) < 4.78 is 0. The van der Waals surface area contributed by atoms with Gasteiger partial charge in [-0.25, -0.2) is 0 Å². The molecule has 3 rings (SSSR count). The Labute approximate surface area is 100 Å². The molecule has 1 amide bonds. The van der Waals surface area contributed by atoms with Gasteiger partial charge in [0.15, 0.2) is 0 Å². The van der Waals surface area contributed by atoms with Crippen LogP contribution in [-0.4, -0.2) is 29.2 Å². The van der Waals surface area contributed by atoms with Gasteiger partial charge in [-0.2, -0.15) is 5.10 Å². The van der Waals surface area contributed by atoms with Crippen molar-refractivity contribution < 1.29 is 4.79 Å². The van der Waals surface area contributed by atoms with E-state index in [0.29, 0.717) is 5.92 Å². The summed E-state index contributed by atoms with van der Waals surface area (Å²) in [6.45, 7) is 1.81. The van der Waals surface area contributed by atoms with Gasteiger partial charge in [-0.15, -0.1) is 0 Å². The standard InChI is InChI=1S/C12H18N4O/c17-11(16-10-6-14-15-7-10)12-4-2-1-3-9(12)5-13-8-12/h6-7,9,13H,1-5,8H2,(H,14,15)(H,16,17)/t9-,12+/m0/s1. The number of amides is 1. The summed E-state index contributed by atoms with van der Waals surface area (Å²) in [5.41, 5.74) is 0.579. The van der Waals surface area contributed by atoms with Crippen LogP contribution in [0.2, 0.25) is 0 Å². The van der Waals surface area contributed by atoms with Crippen molar-refractivity contribution in [3.05, 3.63) is 12.4 Å². The maximum Gasteiger partial charge on any atom is 0.232 e. The van der Waals surface area contributed by atoms with E-state index in [-0.39, 0.29) is 11.3 Å². The number of hydrogen-bond donors (Lipinski definition) is 3. The molecule has 0 radical (unpaired) electrons. The molecule has 1 aromatic heterocycles. The van der Waals surface area contributed by atoms with Gasteiger partial charge < -0.3 is 10.6 Å². The molecule has 0 spiro atoms. The van der Waals surface area contributed by atoms with Crippen LogP contribution < -0.4 is 10.6 Å². The summed E-state index contributed by atoms with van der Waals surface area (Å²) in [5, 5.41) is 12.9. The number of anilines is 1. The SMILES string of the molecule is O=C(Nc1cn[nH]c1)[C@@]12CCCC[C@H]1CNC2. The van der Waals surface area contributed by atoms with Crippen LogP contribution in [-0.2, 0) is 4.79 Å². The van der Waals surface area contributed by atoms with Crippen molar-refractivity contribution in [3.63, 3.8) is 0 Å². The highest BCUT2D eigenvalue weighted by Gasteiger charge is 2.49. The molecule has 1 aliphatic carbocycles. The lowest BCUT2D eigenvalue weighted by molar-refractivity contribution is -0.128. The molecule has 5 nitrogen and oxygen atoms in total. The van der Waals surface area contributed by atoms with E-state index in [9.17, 15) is 4.79 Å². The van der Waals surface area contributed by atoms with E-state index in [1.54, 1.807) is 12.4 Å². The highest BCUT2D eigenvalue weighted by Crippen LogP contribution is 2.44.